The fraction of sp³-hybridized carbons (Fsp3) is 0.444. The average Bonchev–Trinajstić information content (AvgIpc) is 2.97. The molecule has 0 unspecified atom stereocenters. The first-order valence-electron chi connectivity index (χ1n) is 8.34. The molecule has 0 saturated heterocycles. The van der Waals surface area contributed by atoms with Crippen LogP contribution in [0.3, 0.4) is 0 Å². The number of aryl methyl sites for hydroxylation is 3. The fourth-order valence-corrected chi connectivity index (χ4v) is 2.28. The van der Waals surface area contributed by atoms with E-state index in [4.69, 9.17) is 0 Å². The maximum atomic E-state index is 13.6. The Morgan fingerprint density at radius 2 is 2.08 bits per heavy atom. The molecule has 1 aromatic heterocycles. The number of nitrogens with zero attached hydrogens (tertiary/aromatic N) is 3. The minimum absolute atomic E-state index is 0. The van der Waals surface area contributed by atoms with Crippen LogP contribution in [0.25, 0.3) is 0 Å². The van der Waals surface area contributed by atoms with Crippen LogP contribution in [0.5, 0.6) is 0 Å². The van der Waals surface area contributed by atoms with Gasteiger partial charge in [0.15, 0.2) is 5.96 Å². The molecule has 0 atom stereocenters. The van der Waals surface area contributed by atoms with Crippen LogP contribution in [0.2, 0.25) is 0 Å². The molecule has 2 rings (SSSR count). The highest BCUT2D eigenvalue weighted by Gasteiger charge is 2.01. The zero-order valence-electron chi connectivity index (χ0n) is 15.1. The van der Waals surface area contributed by atoms with Crippen molar-refractivity contribution >= 4 is 29.9 Å². The summed E-state index contributed by atoms with van der Waals surface area (Å²) < 4.78 is 15.5. The van der Waals surface area contributed by atoms with Gasteiger partial charge in [0.1, 0.15) is 5.82 Å². The summed E-state index contributed by atoms with van der Waals surface area (Å²) in [5, 5.41) is 10.8. The van der Waals surface area contributed by atoms with Gasteiger partial charge in [0, 0.05) is 25.8 Å². The Kier molecular flexibility index (Phi) is 9.48. The molecule has 7 heteroatoms. The topological polar surface area (TPSA) is 54.2 Å². The van der Waals surface area contributed by atoms with Crippen molar-refractivity contribution in [3.05, 3.63) is 53.1 Å². The van der Waals surface area contributed by atoms with Gasteiger partial charge in [-0.15, -0.1) is 24.0 Å². The largest absolute Gasteiger partial charge is 0.357 e. The van der Waals surface area contributed by atoms with E-state index < -0.39 is 0 Å². The van der Waals surface area contributed by atoms with Gasteiger partial charge in [-0.2, -0.15) is 5.10 Å². The number of hydrogen-bond acceptors (Lipinski definition) is 2. The van der Waals surface area contributed by atoms with Crippen LogP contribution in [0.4, 0.5) is 4.39 Å². The van der Waals surface area contributed by atoms with Gasteiger partial charge in [0.25, 0.3) is 0 Å². The van der Waals surface area contributed by atoms with E-state index in [-0.39, 0.29) is 29.8 Å². The van der Waals surface area contributed by atoms with E-state index >= 15 is 0 Å². The molecule has 5 nitrogen and oxygen atoms in total. The van der Waals surface area contributed by atoms with Gasteiger partial charge in [0.05, 0.1) is 12.7 Å². The number of halogens is 2. The molecule has 1 heterocycles. The van der Waals surface area contributed by atoms with E-state index in [1.54, 1.807) is 19.1 Å². The molecule has 1 aromatic carbocycles. The minimum atomic E-state index is -0.185. The second-order valence-corrected chi connectivity index (χ2v) is 5.84. The number of aromatic nitrogens is 2. The molecule has 0 radical (unpaired) electrons. The van der Waals surface area contributed by atoms with Crippen LogP contribution >= 0.6 is 24.0 Å². The molecule has 0 aliphatic rings. The zero-order chi connectivity index (χ0) is 17.4. The molecular weight excluding hydrogens is 432 g/mol. The summed E-state index contributed by atoms with van der Waals surface area (Å²) >= 11 is 0. The van der Waals surface area contributed by atoms with Crippen molar-refractivity contribution in [2.75, 3.05) is 13.1 Å². The van der Waals surface area contributed by atoms with Crippen molar-refractivity contribution in [3.8, 4) is 0 Å². The summed E-state index contributed by atoms with van der Waals surface area (Å²) in [5.74, 6) is 0.560. The van der Waals surface area contributed by atoms with E-state index in [2.05, 4.69) is 20.7 Å². The van der Waals surface area contributed by atoms with Crippen molar-refractivity contribution in [2.24, 2.45) is 4.99 Å². The minimum Gasteiger partial charge on any atom is -0.357 e. The molecule has 0 amide bonds. The highest BCUT2D eigenvalue weighted by Crippen LogP contribution is 2.09. The van der Waals surface area contributed by atoms with Crippen molar-refractivity contribution in [1.29, 1.82) is 0 Å². The summed E-state index contributed by atoms with van der Waals surface area (Å²) in [7, 11) is 0. The van der Waals surface area contributed by atoms with Gasteiger partial charge >= 0.3 is 0 Å². The molecule has 0 fully saturated rings. The first-order valence-corrected chi connectivity index (χ1v) is 8.34. The summed E-state index contributed by atoms with van der Waals surface area (Å²) in [4.78, 5) is 4.51. The highest BCUT2D eigenvalue weighted by molar-refractivity contribution is 14.0. The molecule has 2 aromatic rings. The smallest absolute Gasteiger partial charge is 0.191 e. The maximum Gasteiger partial charge on any atom is 0.191 e. The molecule has 25 heavy (non-hydrogen) atoms. The second-order valence-electron chi connectivity index (χ2n) is 5.84. The first-order chi connectivity index (χ1) is 11.6. The normalized spacial score (nSPS) is 11.1. The van der Waals surface area contributed by atoms with E-state index in [0.717, 1.165) is 37.6 Å². The van der Waals surface area contributed by atoms with E-state index in [1.165, 1.54) is 5.56 Å². The molecule has 0 bridgehead atoms. The lowest BCUT2D eigenvalue weighted by atomic mass is 10.1. The Balaban J connectivity index is 0.00000312. The Morgan fingerprint density at radius 1 is 1.28 bits per heavy atom. The van der Waals surface area contributed by atoms with Crippen LogP contribution in [0.1, 0.15) is 30.0 Å². The lowest BCUT2D eigenvalue weighted by molar-refractivity contribution is 0.570. The van der Waals surface area contributed by atoms with Crippen molar-refractivity contribution < 1.29 is 4.39 Å². The number of nitrogens with one attached hydrogen (secondary N) is 2. The van der Waals surface area contributed by atoms with Gasteiger partial charge < -0.3 is 10.6 Å². The number of hydrogen-bond donors (Lipinski definition) is 2. The van der Waals surface area contributed by atoms with Crippen LogP contribution in [0.15, 0.2) is 35.6 Å². The molecule has 0 saturated carbocycles. The van der Waals surface area contributed by atoms with Crippen LogP contribution in [-0.4, -0.2) is 28.8 Å². The molecule has 0 aliphatic carbocycles. The summed E-state index contributed by atoms with van der Waals surface area (Å²) in [6, 6.07) is 5.24. The van der Waals surface area contributed by atoms with E-state index in [9.17, 15) is 4.39 Å². The Bertz CT molecular complexity index is 684. The maximum absolute atomic E-state index is 13.6. The SMILES string of the molecule is CCNC(=NCc1ccc(C)c(F)c1)NCCCn1cc(C)cn1.I. The monoisotopic (exact) mass is 459 g/mol. The first kappa shape index (κ1) is 21.4. The third-order valence-electron chi connectivity index (χ3n) is 3.62. The number of rotatable bonds is 7. The van der Waals surface area contributed by atoms with Crippen molar-refractivity contribution in [2.45, 2.75) is 40.3 Å². The highest BCUT2D eigenvalue weighted by atomic mass is 127. The Morgan fingerprint density at radius 3 is 2.72 bits per heavy atom. The van der Waals surface area contributed by atoms with Gasteiger partial charge in [-0.05, 0) is 49.9 Å². The third-order valence-corrected chi connectivity index (χ3v) is 3.62. The second kappa shape index (κ2) is 11.1. The summed E-state index contributed by atoms with van der Waals surface area (Å²) in [6.45, 7) is 8.71. The van der Waals surface area contributed by atoms with E-state index in [1.807, 2.05) is 37.0 Å². The van der Waals surface area contributed by atoms with E-state index in [0.29, 0.717) is 12.1 Å². The van der Waals surface area contributed by atoms with Gasteiger partial charge in [-0.25, -0.2) is 9.38 Å². The van der Waals surface area contributed by atoms with Crippen molar-refractivity contribution in [3.63, 3.8) is 0 Å². The Labute approximate surface area is 166 Å². The average molecular weight is 459 g/mol. The van der Waals surface area contributed by atoms with Gasteiger partial charge in [-0.1, -0.05) is 12.1 Å². The quantitative estimate of drug-likeness (QED) is 0.289. The van der Waals surface area contributed by atoms with Crippen LogP contribution in [-0.2, 0) is 13.1 Å². The molecular formula is C18H27FIN5. The third kappa shape index (κ3) is 7.41. The molecule has 2 N–H and O–H groups in total. The lowest BCUT2D eigenvalue weighted by Gasteiger charge is -2.11. The fourth-order valence-electron chi connectivity index (χ4n) is 2.28. The number of guanidine groups is 1. The van der Waals surface area contributed by atoms with Crippen LogP contribution < -0.4 is 10.6 Å². The molecule has 138 valence electrons. The predicted molar refractivity (Wildman–Crippen MR) is 111 cm³/mol. The Hall–Kier alpha value is -1.64. The summed E-state index contributed by atoms with van der Waals surface area (Å²) in [6.07, 6.45) is 4.84. The van der Waals surface area contributed by atoms with Gasteiger partial charge in [0.2, 0.25) is 0 Å². The molecule has 0 aliphatic heterocycles. The zero-order valence-corrected chi connectivity index (χ0v) is 17.4. The van der Waals surface area contributed by atoms with Gasteiger partial charge in [-0.3, -0.25) is 4.68 Å². The number of aliphatic imine (C=N–C) groups is 1. The number of benzene rings is 1. The summed E-state index contributed by atoms with van der Waals surface area (Å²) in [5.41, 5.74) is 2.69. The molecule has 0 spiro atoms. The predicted octanol–water partition coefficient (Wildman–Crippen LogP) is 3.40. The van der Waals surface area contributed by atoms with Crippen LogP contribution in [0, 0.1) is 19.7 Å². The lowest BCUT2D eigenvalue weighted by Crippen LogP contribution is -2.38. The van der Waals surface area contributed by atoms with Crippen molar-refractivity contribution in [1.82, 2.24) is 20.4 Å². The standard InChI is InChI=1S/C18H26FN5.HI/c1-4-20-18(21-8-5-9-24-13-14(2)11-23-24)22-12-16-7-6-15(3)17(19)10-16;/h6-7,10-11,13H,4-5,8-9,12H2,1-3H3,(H2,20,21,22);1H.